The lowest BCUT2D eigenvalue weighted by Crippen LogP contribution is -2.71. The van der Waals surface area contributed by atoms with Gasteiger partial charge in [-0.3, -0.25) is 14.9 Å². The Morgan fingerprint density at radius 2 is 1.96 bits per heavy atom. The summed E-state index contributed by atoms with van der Waals surface area (Å²) in [4.78, 5) is 25.7. The largest absolute Gasteiger partial charge is 0.370 e. The van der Waals surface area contributed by atoms with Crippen LogP contribution in [-0.4, -0.2) is 38.0 Å². The van der Waals surface area contributed by atoms with Crippen molar-refractivity contribution in [2.45, 2.75) is 25.2 Å². The molecule has 1 spiro atoms. The number of nitrogens with zero attached hydrogens (tertiary/aromatic N) is 1. The van der Waals surface area contributed by atoms with E-state index in [1.54, 1.807) is 13.0 Å². The summed E-state index contributed by atoms with van der Waals surface area (Å²) in [5.41, 5.74) is 0.626. The maximum atomic E-state index is 14.7. The molecule has 0 aliphatic carbocycles. The highest BCUT2D eigenvalue weighted by atomic mass is 19.1. The van der Waals surface area contributed by atoms with Crippen molar-refractivity contribution in [2.24, 2.45) is 5.41 Å². The van der Waals surface area contributed by atoms with Gasteiger partial charge in [0.1, 0.15) is 5.82 Å². The Morgan fingerprint density at radius 3 is 2.52 bits per heavy atom. The average molecular weight is 317 g/mol. The van der Waals surface area contributed by atoms with Gasteiger partial charge < -0.3 is 10.2 Å². The fourth-order valence-electron chi connectivity index (χ4n) is 3.86. The zero-order valence-corrected chi connectivity index (χ0v) is 13.1. The molecule has 4 rings (SSSR count). The van der Waals surface area contributed by atoms with Crippen molar-refractivity contribution < 1.29 is 14.0 Å². The molecule has 1 unspecified atom stereocenters. The minimum Gasteiger partial charge on any atom is -0.370 e. The Balaban J connectivity index is 1.56. The van der Waals surface area contributed by atoms with E-state index < -0.39 is 11.3 Å². The molecular formula is C17H20FN3O2. The number of piperidine rings is 1. The van der Waals surface area contributed by atoms with Gasteiger partial charge >= 0.3 is 0 Å². The third kappa shape index (κ3) is 2.16. The van der Waals surface area contributed by atoms with E-state index in [1.165, 1.54) is 6.07 Å². The summed E-state index contributed by atoms with van der Waals surface area (Å²) in [6.45, 7) is 5.67. The van der Waals surface area contributed by atoms with Gasteiger partial charge in [-0.05, 0) is 25.5 Å². The van der Waals surface area contributed by atoms with Crippen LogP contribution in [0, 0.1) is 11.2 Å². The van der Waals surface area contributed by atoms with Crippen LogP contribution in [0.15, 0.2) is 18.2 Å². The molecule has 0 radical (unpaired) electrons. The second-order valence-electron chi connectivity index (χ2n) is 7.33. The topological polar surface area (TPSA) is 61.4 Å². The fraction of sp³-hybridized carbons (Fsp3) is 0.529. The van der Waals surface area contributed by atoms with Gasteiger partial charge in [-0.25, -0.2) is 4.39 Å². The summed E-state index contributed by atoms with van der Waals surface area (Å²) in [6, 6.07) is 5.10. The first-order valence-electron chi connectivity index (χ1n) is 8.02. The van der Waals surface area contributed by atoms with Crippen molar-refractivity contribution in [3.63, 3.8) is 0 Å². The van der Waals surface area contributed by atoms with E-state index in [0.717, 1.165) is 31.9 Å². The van der Waals surface area contributed by atoms with E-state index in [2.05, 4.69) is 15.5 Å². The van der Waals surface area contributed by atoms with Crippen molar-refractivity contribution >= 4 is 17.5 Å². The van der Waals surface area contributed by atoms with Gasteiger partial charge in [-0.1, -0.05) is 6.07 Å². The van der Waals surface area contributed by atoms with Crippen LogP contribution in [0.3, 0.4) is 0 Å². The van der Waals surface area contributed by atoms with E-state index in [1.807, 2.05) is 6.07 Å². The molecule has 3 heterocycles. The second-order valence-corrected chi connectivity index (χ2v) is 7.33. The zero-order valence-electron chi connectivity index (χ0n) is 13.1. The molecule has 122 valence electrons. The Bertz CT molecular complexity index is 693. The van der Waals surface area contributed by atoms with E-state index in [-0.39, 0.29) is 18.1 Å². The van der Waals surface area contributed by atoms with Gasteiger partial charge in [0.2, 0.25) is 11.8 Å². The minimum atomic E-state index is -0.982. The standard InChI is InChI=1S/C17H20FN3O2/c1-16(5-4-14(22)20-15(16)23)12-3-2-11(6-13(12)18)21-9-17(10-21)7-19-8-17/h2-3,6,19H,4-5,7-10H2,1H3,(H,20,22,23). The Hall–Kier alpha value is -1.95. The van der Waals surface area contributed by atoms with Crippen molar-refractivity contribution in [1.29, 1.82) is 0 Å². The lowest BCUT2D eigenvalue weighted by molar-refractivity contribution is -0.137. The molecule has 5 nitrogen and oxygen atoms in total. The van der Waals surface area contributed by atoms with Crippen molar-refractivity contribution in [3.8, 4) is 0 Å². The Morgan fingerprint density at radius 1 is 1.22 bits per heavy atom. The number of carbonyl (C=O) groups is 2. The smallest absolute Gasteiger partial charge is 0.237 e. The number of nitrogens with one attached hydrogen (secondary N) is 2. The van der Waals surface area contributed by atoms with Gasteiger partial charge in [-0.15, -0.1) is 0 Å². The predicted molar refractivity (Wildman–Crippen MR) is 83.7 cm³/mol. The molecule has 2 amide bonds. The van der Waals surface area contributed by atoms with Crippen LogP contribution >= 0.6 is 0 Å². The first-order valence-corrected chi connectivity index (χ1v) is 8.02. The van der Waals surface area contributed by atoms with Gasteiger partial charge in [-0.2, -0.15) is 0 Å². The molecule has 3 aliphatic rings. The first kappa shape index (κ1) is 14.6. The van der Waals surface area contributed by atoms with E-state index >= 15 is 0 Å². The predicted octanol–water partition coefficient (Wildman–Crippen LogP) is 0.930. The summed E-state index contributed by atoms with van der Waals surface area (Å²) < 4.78 is 14.7. The first-order chi connectivity index (χ1) is 10.9. The van der Waals surface area contributed by atoms with Gasteiger partial charge in [0, 0.05) is 49.3 Å². The number of halogens is 1. The van der Waals surface area contributed by atoms with Crippen LogP contribution < -0.4 is 15.5 Å². The normalized spacial score (nSPS) is 29.0. The van der Waals surface area contributed by atoms with E-state index in [9.17, 15) is 14.0 Å². The molecule has 6 heteroatoms. The Kier molecular flexibility index (Phi) is 3.04. The highest BCUT2D eigenvalue weighted by Gasteiger charge is 2.48. The number of benzene rings is 1. The molecule has 0 saturated carbocycles. The van der Waals surface area contributed by atoms with E-state index in [4.69, 9.17) is 0 Å². The quantitative estimate of drug-likeness (QED) is 0.797. The van der Waals surface area contributed by atoms with Crippen LogP contribution in [0.2, 0.25) is 0 Å². The highest BCUT2D eigenvalue weighted by molar-refractivity contribution is 6.03. The molecule has 3 aliphatic heterocycles. The van der Waals surface area contributed by atoms with Crippen LogP contribution in [-0.2, 0) is 15.0 Å². The van der Waals surface area contributed by atoms with Gasteiger partial charge in [0.15, 0.2) is 0 Å². The number of rotatable bonds is 2. The summed E-state index contributed by atoms with van der Waals surface area (Å²) >= 11 is 0. The molecular weight excluding hydrogens is 297 g/mol. The molecule has 2 N–H and O–H groups in total. The molecule has 0 aromatic heterocycles. The van der Waals surface area contributed by atoms with Crippen LogP contribution in [0.25, 0.3) is 0 Å². The molecule has 3 saturated heterocycles. The molecule has 1 aromatic carbocycles. The number of imide groups is 1. The van der Waals surface area contributed by atoms with Crippen LogP contribution in [0.5, 0.6) is 0 Å². The molecule has 23 heavy (non-hydrogen) atoms. The van der Waals surface area contributed by atoms with Crippen molar-refractivity contribution in [2.75, 3.05) is 31.1 Å². The maximum absolute atomic E-state index is 14.7. The fourth-order valence-corrected chi connectivity index (χ4v) is 3.86. The zero-order chi connectivity index (χ0) is 16.2. The number of amides is 2. The Labute approximate surface area is 134 Å². The summed E-state index contributed by atoms with van der Waals surface area (Å²) in [7, 11) is 0. The SMILES string of the molecule is CC1(c2ccc(N3CC4(CNC4)C3)cc2F)CCC(=O)NC1=O. The molecule has 1 atom stereocenters. The third-order valence-corrected chi connectivity index (χ3v) is 5.57. The van der Waals surface area contributed by atoms with E-state index in [0.29, 0.717) is 17.4 Å². The van der Waals surface area contributed by atoms with Crippen molar-refractivity contribution in [3.05, 3.63) is 29.6 Å². The monoisotopic (exact) mass is 317 g/mol. The van der Waals surface area contributed by atoms with Crippen molar-refractivity contribution in [1.82, 2.24) is 10.6 Å². The summed E-state index contributed by atoms with van der Waals surface area (Å²) in [5, 5.41) is 5.60. The lowest BCUT2D eigenvalue weighted by atomic mass is 9.73. The van der Waals surface area contributed by atoms with Crippen LogP contribution in [0.4, 0.5) is 10.1 Å². The highest BCUT2D eigenvalue weighted by Crippen LogP contribution is 2.40. The van der Waals surface area contributed by atoms with Gasteiger partial charge in [0.25, 0.3) is 0 Å². The lowest BCUT2D eigenvalue weighted by Gasteiger charge is -2.57. The number of hydrogen-bond donors (Lipinski definition) is 2. The molecule has 1 aromatic rings. The second kappa shape index (κ2) is 4.77. The summed E-state index contributed by atoms with van der Waals surface area (Å²) in [6.07, 6.45) is 0.581. The van der Waals surface area contributed by atoms with Gasteiger partial charge in [0.05, 0.1) is 5.41 Å². The number of anilines is 1. The third-order valence-electron chi connectivity index (χ3n) is 5.57. The summed E-state index contributed by atoms with van der Waals surface area (Å²) in [5.74, 6) is -1.07. The minimum absolute atomic E-state index is 0.241. The number of carbonyl (C=O) groups excluding carboxylic acids is 2. The van der Waals surface area contributed by atoms with Crippen LogP contribution in [0.1, 0.15) is 25.3 Å². The maximum Gasteiger partial charge on any atom is 0.237 e. The molecule has 0 bridgehead atoms. The average Bonchev–Trinajstić information content (AvgIpc) is 2.40. The number of hydrogen-bond acceptors (Lipinski definition) is 4. The molecule has 3 fully saturated rings.